The maximum Gasteiger partial charge on any atom is 0.166 e. The van der Waals surface area contributed by atoms with Crippen LogP contribution in [0.2, 0.25) is 5.02 Å². The second-order valence-corrected chi connectivity index (χ2v) is 5.02. The molecule has 1 aliphatic heterocycles. The van der Waals surface area contributed by atoms with Crippen LogP contribution in [-0.4, -0.2) is 15.8 Å². The van der Waals surface area contributed by atoms with Crippen molar-refractivity contribution in [3.8, 4) is 0 Å². The van der Waals surface area contributed by atoms with Crippen molar-refractivity contribution in [1.82, 2.24) is 4.98 Å². The zero-order valence-corrected chi connectivity index (χ0v) is 10.6. The van der Waals surface area contributed by atoms with Crippen molar-refractivity contribution in [3.05, 3.63) is 29.6 Å². The van der Waals surface area contributed by atoms with E-state index in [0.717, 1.165) is 4.90 Å². The molecule has 6 heteroatoms. The highest BCUT2D eigenvalue weighted by Gasteiger charge is 2.21. The fourth-order valence-corrected chi connectivity index (χ4v) is 2.48. The van der Waals surface area contributed by atoms with E-state index >= 15 is 0 Å². The quantitative estimate of drug-likeness (QED) is 0.849. The fraction of sp³-hybridized carbons (Fsp3) is 0.182. The van der Waals surface area contributed by atoms with Crippen molar-refractivity contribution in [3.63, 3.8) is 0 Å². The van der Waals surface area contributed by atoms with Gasteiger partial charge in [0.15, 0.2) is 5.78 Å². The number of hydrogen-bond acceptors (Lipinski definition) is 5. The number of rotatable bonds is 1. The van der Waals surface area contributed by atoms with Crippen molar-refractivity contribution in [2.75, 3.05) is 5.73 Å². The van der Waals surface area contributed by atoms with Gasteiger partial charge in [0.05, 0.1) is 16.0 Å². The molecule has 0 amide bonds. The molecule has 0 saturated carbocycles. The van der Waals surface area contributed by atoms with Crippen LogP contribution in [0.3, 0.4) is 0 Å². The lowest BCUT2D eigenvalue weighted by Gasteiger charge is -2.14. The van der Waals surface area contributed by atoms with Gasteiger partial charge in [-0.25, -0.2) is 4.98 Å². The van der Waals surface area contributed by atoms with Gasteiger partial charge in [0.1, 0.15) is 5.82 Å². The Balaban J connectivity index is 2.26. The largest absolute Gasteiger partial charge is 0.384 e. The van der Waals surface area contributed by atoms with E-state index in [-0.39, 0.29) is 11.7 Å². The average Bonchev–Trinajstić information content (AvgIpc) is 2.30. The molecule has 4 nitrogen and oxygen atoms in total. The van der Waals surface area contributed by atoms with E-state index in [2.05, 4.69) is 9.98 Å². The molecule has 0 fully saturated rings. The number of ketones is 1. The first-order valence-electron chi connectivity index (χ1n) is 4.95. The van der Waals surface area contributed by atoms with Gasteiger partial charge >= 0.3 is 0 Å². The molecule has 0 spiro atoms. The van der Waals surface area contributed by atoms with E-state index in [1.54, 1.807) is 6.07 Å². The van der Waals surface area contributed by atoms with Crippen LogP contribution in [0, 0.1) is 5.92 Å². The number of anilines is 1. The molecule has 1 aliphatic rings. The summed E-state index contributed by atoms with van der Waals surface area (Å²) in [6.07, 6.45) is 4.46. The lowest BCUT2D eigenvalue weighted by atomic mass is 10.1. The molecular weight excluding hydrogens is 258 g/mol. The Morgan fingerprint density at radius 3 is 3.06 bits per heavy atom. The molecule has 2 rings (SSSR count). The lowest BCUT2D eigenvalue weighted by Crippen LogP contribution is -2.19. The van der Waals surface area contributed by atoms with E-state index in [0.29, 0.717) is 15.9 Å². The number of nitrogens with two attached hydrogens (primary N) is 1. The molecule has 1 atom stereocenters. The van der Waals surface area contributed by atoms with Crippen molar-refractivity contribution < 1.29 is 4.79 Å². The molecule has 2 N–H and O–H groups in total. The van der Waals surface area contributed by atoms with Crippen molar-refractivity contribution in [2.24, 2.45) is 10.9 Å². The number of aliphatic imine (C=N–C) groups is 1. The minimum absolute atomic E-state index is 0.0423. The number of thioether (sulfide) groups is 1. The topological polar surface area (TPSA) is 68.3 Å². The molecule has 0 bridgehead atoms. The van der Waals surface area contributed by atoms with E-state index in [1.807, 2.05) is 6.92 Å². The van der Waals surface area contributed by atoms with E-state index in [1.165, 1.54) is 30.2 Å². The maximum absolute atomic E-state index is 11.5. The third-order valence-corrected chi connectivity index (χ3v) is 3.93. The van der Waals surface area contributed by atoms with Gasteiger partial charge in [-0.15, -0.1) is 0 Å². The molecule has 2 heterocycles. The summed E-state index contributed by atoms with van der Waals surface area (Å²) in [5.41, 5.74) is 5.59. The van der Waals surface area contributed by atoms with Gasteiger partial charge < -0.3 is 5.73 Å². The fourth-order valence-electron chi connectivity index (χ4n) is 1.30. The Bertz CT molecular complexity index is 527. The second kappa shape index (κ2) is 4.89. The van der Waals surface area contributed by atoms with Gasteiger partial charge in [-0.05, 0) is 13.0 Å². The van der Waals surface area contributed by atoms with Crippen LogP contribution in [0.1, 0.15) is 6.92 Å². The Hall–Kier alpha value is -1.33. The summed E-state index contributed by atoms with van der Waals surface area (Å²) in [4.78, 5) is 20.3. The molecule has 1 aromatic heterocycles. The number of hydrogen-bond donors (Lipinski definition) is 1. The number of halogens is 1. The highest BCUT2D eigenvalue weighted by Crippen LogP contribution is 2.32. The summed E-state index contributed by atoms with van der Waals surface area (Å²) in [5.74, 6) is 0.193. The minimum Gasteiger partial charge on any atom is -0.384 e. The van der Waals surface area contributed by atoms with Crippen LogP contribution in [0.5, 0.6) is 0 Å². The van der Waals surface area contributed by atoms with Crippen LogP contribution in [0.25, 0.3) is 0 Å². The highest BCUT2D eigenvalue weighted by molar-refractivity contribution is 8.14. The molecule has 0 radical (unpaired) electrons. The molecule has 0 saturated heterocycles. The van der Waals surface area contributed by atoms with Gasteiger partial charge in [-0.3, -0.25) is 9.79 Å². The van der Waals surface area contributed by atoms with Crippen molar-refractivity contribution in [1.29, 1.82) is 0 Å². The summed E-state index contributed by atoms with van der Waals surface area (Å²) in [6, 6.07) is 1.67. The van der Waals surface area contributed by atoms with Crippen LogP contribution >= 0.6 is 23.4 Å². The number of nitrogen functional groups attached to an aromatic ring is 1. The first-order chi connectivity index (χ1) is 8.08. The van der Waals surface area contributed by atoms with E-state index < -0.39 is 0 Å². The molecule has 1 unspecified atom stereocenters. The summed E-state index contributed by atoms with van der Waals surface area (Å²) >= 11 is 7.35. The van der Waals surface area contributed by atoms with Crippen molar-refractivity contribution in [2.45, 2.75) is 11.8 Å². The van der Waals surface area contributed by atoms with Gasteiger partial charge in [0.2, 0.25) is 0 Å². The third kappa shape index (κ3) is 2.68. The number of pyridine rings is 1. The Morgan fingerprint density at radius 1 is 1.53 bits per heavy atom. The summed E-state index contributed by atoms with van der Waals surface area (Å²) in [5, 5.41) is 1.21. The normalized spacial score (nSPS) is 19.3. The number of carbonyl (C=O) groups excluding carboxylic acids is 1. The van der Waals surface area contributed by atoms with Crippen LogP contribution in [-0.2, 0) is 4.79 Å². The number of allylic oxidation sites excluding steroid dienone is 1. The highest BCUT2D eigenvalue weighted by atomic mass is 35.5. The summed E-state index contributed by atoms with van der Waals surface area (Å²) < 4.78 is 0. The number of nitrogens with zero attached hydrogens (tertiary/aromatic N) is 2. The van der Waals surface area contributed by atoms with E-state index in [9.17, 15) is 4.79 Å². The average molecular weight is 268 g/mol. The first-order valence-corrected chi connectivity index (χ1v) is 6.14. The summed E-state index contributed by atoms with van der Waals surface area (Å²) in [7, 11) is 0. The molecule has 17 heavy (non-hydrogen) atoms. The monoisotopic (exact) mass is 267 g/mol. The van der Waals surface area contributed by atoms with Crippen molar-refractivity contribution >= 4 is 40.0 Å². The van der Waals surface area contributed by atoms with E-state index in [4.69, 9.17) is 17.3 Å². The maximum atomic E-state index is 11.5. The van der Waals surface area contributed by atoms with Crippen LogP contribution < -0.4 is 5.73 Å². The molecule has 0 aliphatic carbocycles. The number of aromatic nitrogens is 1. The van der Waals surface area contributed by atoms with Gasteiger partial charge in [0, 0.05) is 23.4 Å². The van der Waals surface area contributed by atoms with Gasteiger partial charge in [0.25, 0.3) is 0 Å². The van der Waals surface area contributed by atoms with Crippen LogP contribution in [0.15, 0.2) is 34.4 Å². The Morgan fingerprint density at radius 2 is 2.29 bits per heavy atom. The molecule has 88 valence electrons. The zero-order valence-electron chi connectivity index (χ0n) is 9.05. The second-order valence-electron chi connectivity index (χ2n) is 3.55. The molecule has 1 aromatic rings. The SMILES string of the molecule is CC1C(=O)C=CN=C1Sc1cc(N)ncc1Cl. The molecule has 0 aromatic carbocycles. The molecular formula is C11H10ClN3OS. The Labute approximate surface area is 108 Å². The van der Waals surface area contributed by atoms with Gasteiger partial charge in [-0.1, -0.05) is 23.4 Å². The predicted molar refractivity (Wildman–Crippen MR) is 70.3 cm³/mol. The minimum atomic E-state index is -0.240. The van der Waals surface area contributed by atoms with Gasteiger partial charge in [-0.2, -0.15) is 0 Å². The lowest BCUT2D eigenvalue weighted by molar-refractivity contribution is -0.116. The predicted octanol–water partition coefficient (Wildman–Crippen LogP) is 2.54. The number of carbonyl (C=O) groups is 1. The third-order valence-electron chi connectivity index (χ3n) is 2.29. The smallest absolute Gasteiger partial charge is 0.166 e. The Kier molecular flexibility index (Phi) is 3.49. The standard InChI is InChI=1S/C11H10ClN3OS/c1-6-8(16)2-3-14-11(6)17-9-4-10(13)15-5-7(9)12/h2-6H,1H3,(H2,13,15). The zero-order chi connectivity index (χ0) is 12.4. The summed E-state index contributed by atoms with van der Waals surface area (Å²) in [6.45, 7) is 1.82. The first kappa shape index (κ1) is 12.1. The van der Waals surface area contributed by atoms with Crippen LogP contribution in [0.4, 0.5) is 5.82 Å².